The van der Waals surface area contributed by atoms with Crippen LogP contribution in [0.3, 0.4) is 0 Å². The monoisotopic (exact) mass is 330 g/mol. The number of aliphatic hydroxyl groups excluding tert-OH is 1. The zero-order chi connectivity index (χ0) is 13.8. The summed E-state index contributed by atoms with van der Waals surface area (Å²) in [5.74, 6) is -0.153. The Labute approximate surface area is 121 Å². The maximum atomic E-state index is 14.4. The number of aliphatic hydroxyl groups is 1. The van der Waals surface area contributed by atoms with Gasteiger partial charge in [-0.25, -0.2) is 4.39 Å². The van der Waals surface area contributed by atoms with E-state index in [4.69, 9.17) is 0 Å². The Morgan fingerprint density at radius 2 is 2.11 bits per heavy atom. The number of halogens is 2. The molecule has 1 aromatic carbocycles. The summed E-state index contributed by atoms with van der Waals surface area (Å²) in [6.45, 7) is 5.44. The predicted octanol–water partition coefficient (Wildman–Crippen LogP) is 2.23. The van der Waals surface area contributed by atoms with Crippen LogP contribution in [-0.4, -0.2) is 42.8 Å². The highest BCUT2D eigenvalue weighted by molar-refractivity contribution is 9.10. The zero-order valence-electron chi connectivity index (χ0n) is 11.1. The van der Waals surface area contributed by atoms with Crippen LogP contribution in [0.15, 0.2) is 16.6 Å². The highest BCUT2D eigenvalue weighted by Crippen LogP contribution is 2.30. The zero-order valence-corrected chi connectivity index (χ0v) is 12.7. The minimum absolute atomic E-state index is 0.0525. The van der Waals surface area contributed by atoms with Crippen LogP contribution in [0.1, 0.15) is 23.6 Å². The fraction of sp³-hybridized carbons (Fsp3) is 0.571. The number of hydrogen-bond acceptors (Lipinski definition) is 3. The molecule has 1 aliphatic heterocycles. The van der Waals surface area contributed by atoms with Gasteiger partial charge in [0.15, 0.2) is 0 Å². The van der Waals surface area contributed by atoms with Crippen LogP contribution >= 0.6 is 15.9 Å². The highest BCUT2D eigenvalue weighted by Gasteiger charge is 2.25. The maximum absolute atomic E-state index is 14.4. The van der Waals surface area contributed by atoms with E-state index in [1.807, 2.05) is 6.07 Å². The molecule has 5 heteroatoms. The lowest BCUT2D eigenvalue weighted by Gasteiger charge is -2.35. The van der Waals surface area contributed by atoms with Crippen molar-refractivity contribution in [1.82, 2.24) is 10.2 Å². The fourth-order valence-corrected chi connectivity index (χ4v) is 3.23. The Bertz CT molecular complexity index is 436. The lowest BCUT2D eigenvalue weighted by Crippen LogP contribution is -2.45. The Kier molecular flexibility index (Phi) is 5.33. The molecule has 1 heterocycles. The summed E-state index contributed by atoms with van der Waals surface area (Å²) in [5, 5.41) is 12.6. The van der Waals surface area contributed by atoms with Gasteiger partial charge in [0.25, 0.3) is 0 Å². The summed E-state index contributed by atoms with van der Waals surface area (Å²) >= 11 is 3.43. The first-order chi connectivity index (χ1) is 9.13. The van der Waals surface area contributed by atoms with Crippen molar-refractivity contribution in [3.63, 3.8) is 0 Å². The Morgan fingerprint density at radius 1 is 1.42 bits per heavy atom. The normalized spacial score (nSPS) is 18.5. The van der Waals surface area contributed by atoms with Gasteiger partial charge >= 0.3 is 0 Å². The van der Waals surface area contributed by atoms with Crippen molar-refractivity contribution in [3.8, 4) is 0 Å². The second-order valence-electron chi connectivity index (χ2n) is 4.94. The topological polar surface area (TPSA) is 35.5 Å². The molecule has 1 atom stereocenters. The summed E-state index contributed by atoms with van der Waals surface area (Å²) in [7, 11) is 0. The van der Waals surface area contributed by atoms with E-state index >= 15 is 0 Å². The Hall–Kier alpha value is -0.490. The molecule has 0 radical (unpaired) electrons. The van der Waals surface area contributed by atoms with Crippen LogP contribution in [0.5, 0.6) is 0 Å². The molecule has 0 aromatic heterocycles. The molecule has 19 heavy (non-hydrogen) atoms. The number of aryl methyl sites for hydroxylation is 1. The number of nitrogens with one attached hydrogen (secondary N) is 1. The number of benzene rings is 1. The molecule has 0 bridgehead atoms. The quantitative estimate of drug-likeness (QED) is 0.888. The molecule has 1 aliphatic rings. The van der Waals surface area contributed by atoms with Gasteiger partial charge in [-0.05, 0) is 31.0 Å². The van der Waals surface area contributed by atoms with Gasteiger partial charge in [0.2, 0.25) is 0 Å². The van der Waals surface area contributed by atoms with Crippen molar-refractivity contribution in [3.05, 3.63) is 33.5 Å². The van der Waals surface area contributed by atoms with Crippen molar-refractivity contribution in [2.45, 2.75) is 19.4 Å². The molecule has 0 saturated carbocycles. The average molecular weight is 331 g/mol. The predicted molar refractivity (Wildman–Crippen MR) is 77.7 cm³/mol. The number of hydrogen-bond donors (Lipinski definition) is 2. The first kappa shape index (κ1) is 14.9. The fourth-order valence-electron chi connectivity index (χ4n) is 2.64. The molecule has 0 amide bonds. The smallest absolute Gasteiger partial charge is 0.130 e. The van der Waals surface area contributed by atoms with Gasteiger partial charge in [0.05, 0.1) is 0 Å². The molecule has 0 aliphatic carbocycles. The number of piperazine rings is 1. The average Bonchev–Trinajstić information content (AvgIpc) is 2.41. The number of nitrogens with zero attached hydrogens (tertiary/aromatic N) is 1. The Balaban J connectivity index is 2.32. The molecule has 2 N–H and O–H groups in total. The van der Waals surface area contributed by atoms with E-state index in [2.05, 4.69) is 26.1 Å². The van der Waals surface area contributed by atoms with E-state index in [0.29, 0.717) is 17.5 Å². The van der Waals surface area contributed by atoms with Crippen LogP contribution in [0, 0.1) is 12.7 Å². The summed E-state index contributed by atoms with van der Waals surface area (Å²) in [5.41, 5.74) is 1.32. The van der Waals surface area contributed by atoms with Crippen LogP contribution in [-0.2, 0) is 0 Å². The molecular formula is C14H20BrFN2O. The molecule has 1 fully saturated rings. The molecule has 106 valence electrons. The van der Waals surface area contributed by atoms with Crippen molar-refractivity contribution >= 4 is 15.9 Å². The van der Waals surface area contributed by atoms with E-state index in [-0.39, 0.29) is 18.5 Å². The van der Waals surface area contributed by atoms with Gasteiger partial charge in [-0.3, -0.25) is 4.90 Å². The van der Waals surface area contributed by atoms with Crippen LogP contribution in [0.4, 0.5) is 4.39 Å². The van der Waals surface area contributed by atoms with Gasteiger partial charge < -0.3 is 10.4 Å². The molecule has 0 spiro atoms. The highest BCUT2D eigenvalue weighted by atomic mass is 79.9. The van der Waals surface area contributed by atoms with E-state index in [0.717, 1.165) is 30.7 Å². The van der Waals surface area contributed by atoms with Gasteiger partial charge in [-0.15, -0.1) is 0 Å². The summed E-state index contributed by atoms with van der Waals surface area (Å²) in [6.07, 6.45) is 0.562. The van der Waals surface area contributed by atoms with Crippen molar-refractivity contribution in [2.75, 3.05) is 32.8 Å². The van der Waals surface area contributed by atoms with Crippen molar-refractivity contribution < 1.29 is 9.50 Å². The molecule has 1 aromatic rings. The summed E-state index contributed by atoms with van der Waals surface area (Å²) in [6, 6.07) is 3.57. The standard InChI is InChI=1S/C14H20BrFN2O/c1-10-8-11(15)9-12(14(10)16)13(2-7-19)18-5-3-17-4-6-18/h8-9,13,17,19H,2-7H2,1H3/t13-/m0/s1. The minimum atomic E-state index is -0.153. The van der Waals surface area contributed by atoms with Gasteiger partial charge in [-0.1, -0.05) is 15.9 Å². The van der Waals surface area contributed by atoms with Crippen molar-refractivity contribution in [2.24, 2.45) is 0 Å². The Morgan fingerprint density at radius 3 is 2.74 bits per heavy atom. The second kappa shape index (κ2) is 6.79. The lowest BCUT2D eigenvalue weighted by atomic mass is 9.99. The summed E-state index contributed by atoms with van der Waals surface area (Å²) < 4.78 is 15.3. The van der Waals surface area contributed by atoms with E-state index in [1.165, 1.54) is 0 Å². The molecule has 0 unspecified atom stereocenters. The maximum Gasteiger partial charge on any atom is 0.130 e. The molecule has 1 saturated heterocycles. The first-order valence-corrected chi connectivity index (χ1v) is 7.44. The van der Waals surface area contributed by atoms with E-state index in [9.17, 15) is 9.50 Å². The van der Waals surface area contributed by atoms with Gasteiger partial charge in [0, 0.05) is 48.9 Å². The molecule has 3 nitrogen and oxygen atoms in total. The van der Waals surface area contributed by atoms with Gasteiger partial charge in [-0.2, -0.15) is 0 Å². The van der Waals surface area contributed by atoms with E-state index < -0.39 is 0 Å². The minimum Gasteiger partial charge on any atom is -0.396 e. The number of rotatable bonds is 4. The third kappa shape index (κ3) is 3.54. The van der Waals surface area contributed by atoms with Crippen LogP contribution in [0.2, 0.25) is 0 Å². The lowest BCUT2D eigenvalue weighted by molar-refractivity contribution is 0.138. The van der Waals surface area contributed by atoms with Gasteiger partial charge in [0.1, 0.15) is 5.82 Å². The molecular weight excluding hydrogens is 311 g/mol. The van der Waals surface area contributed by atoms with Crippen molar-refractivity contribution in [1.29, 1.82) is 0 Å². The first-order valence-electron chi connectivity index (χ1n) is 6.64. The third-order valence-electron chi connectivity index (χ3n) is 3.60. The SMILES string of the molecule is Cc1cc(Br)cc([C@H](CCO)N2CCNCC2)c1F. The summed E-state index contributed by atoms with van der Waals surface area (Å²) in [4.78, 5) is 2.25. The van der Waals surface area contributed by atoms with Crippen LogP contribution in [0.25, 0.3) is 0 Å². The third-order valence-corrected chi connectivity index (χ3v) is 4.06. The second-order valence-corrected chi connectivity index (χ2v) is 5.86. The van der Waals surface area contributed by atoms with E-state index in [1.54, 1.807) is 13.0 Å². The van der Waals surface area contributed by atoms with Crippen LogP contribution < -0.4 is 5.32 Å². The molecule has 2 rings (SSSR count). The largest absolute Gasteiger partial charge is 0.396 e.